The minimum absolute atomic E-state index is 0.0208. The van der Waals surface area contributed by atoms with Gasteiger partial charge in [-0.05, 0) is 49.8 Å². The first-order valence-electron chi connectivity index (χ1n) is 14.0. The molecule has 2 fully saturated rings. The summed E-state index contributed by atoms with van der Waals surface area (Å²) < 4.78 is 48.6. The van der Waals surface area contributed by atoms with E-state index in [4.69, 9.17) is 16.3 Å². The molecule has 1 N–H and O–H groups in total. The Kier molecular flexibility index (Phi) is 7.83. The minimum atomic E-state index is -4.06. The van der Waals surface area contributed by atoms with Crippen LogP contribution in [0, 0.1) is 12.7 Å². The van der Waals surface area contributed by atoms with Gasteiger partial charge in [-0.15, -0.1) is 0 Å². The summed E-state index contributed by atoms with van der Waals surface area (Å²) in [5.74, 6) is -1.28. The number of amides is 1. The van der Waals surface area contributed by atoms with Crippen molar-refractivity contribution in [1.82, 2.24) is 24.4 Å². The average Bonchev–Trinajstić information content (AvgIpc) is 2.96. The Morgan fingerprint density at radius 2 is 1.98 bits per heavy atom. The first-order chi connectivity index (χ1) is 21.4. The fourth-order valence-corrected chi connectivity index (χ4v) is 7.45. The lowest BCUT2D eigenvalue weighted by atomic mass is 10.1. The number of anilines is 1. The van der Waals surface area contributed by atoms with Gasteiger partial charge in [-0.25, -0.2) is 32.1 Å². The van der Waals surface area contributed by atoms with Gasteiger partial charge < -0.3 is 19.6 Å². The molecule has 3 aromatic heterocycles. The summed E-state index contributed by atoms with van der Waals surface area (Å²) in [6, 6.07) is 6.42. The highest BCUT2D eigenvalue weighted by Crippen LogP contribution is 2.39. The molecule has 0 aliphatic carbocycles. The molecule has 6 rings (SSSR count). The van der Waals surface area contributed by atoms with Crippen molar-refractivity contribution >= 4 is 44.2 Å². The number of carbonyl (C=O) groups excluding carboxylic acids is 1. The number of nitrogens with zero attached hydrogens (tertiary/aromatic N) is 6. The third kappa shape index (κ3) is 5.12. The van der Waals surface area contributed by atoms with Gasteiger partial charge in [0.25, 0.3) is 0 Å². The van der Waals surface area contributed by atoms with E-state index < -0.39 is 32.3 Å². The summed E-state index contributed by atoms with van der Waals surface area (Å²) >= 11 is 6.69. The normalized spacial score (nSPS) is 17.4. The van der Waals surface area contributed by atoms with Gasteiger partial charge in [-0.3, -0.25) is 4.79 Å². The lowest BCUT2D eigenvalue weighted by molar-refractivity contribution is -0.126. The Hall–Kier alpha value is -4.40. The quantitative estimate of drug-likeness (QED) is 0.308. The number of halogens is 2. The average molecular weight is 655 g/mol. The van der Waals surface area contributed by atoms with Gasteiger partial charge in [0.2, 0.25) is 15.7 Å². The lowest BCUT2D eigenvalue weighted by Crippen LogP contribution is -2.54. The van der Waals surface area contributed by atoms with E-state index in [0.29, 0.717) is 25.2 Å². The van der Waals surface area contributed by atoms with Crippen molar-refractivity contribution in [2.75, 3.05) is 37.7 Å². The standard InChI is InChI=1S/C30H28ClFN6O6S/c1-4-23(40)36-10-11-37(17(3)13-36)27-19-12-20(31)25(24-21(32)6-5-7-22(24)39)34-28(19)38(30(41)35-27)26-16(2)8-9-33-29(26)45(42,43)18-14-44-15-18/h4-9,12,17-18,39H,1,10-11,13-15H2,2-3H3/t17-/m0/s1. The molecule has 0 spiro atoms. The molecule has 2 aliphatic rings. The summed E-state index contributed by atoms with van der Waals surface area (Å²) in [4.78, 5) is 43.0. The topological polar surface area (TPSA) is 148 Å². The van der Waals surface area contributed by atoms with Crippen LogP contribution in [0.5, 0.6) is 5.75 Å². The third-order valence-corrected chi connectivity index (χ3v) is 10.3. The highest BCUT2D eigenvalue weighted by atomic mass is 35.5. The van der Waals surface area contributed by atoms with Crippen LogP contribution in [0.2, 0.25) is 5.02 Å². The Labute approximate surface area is 262 Å². The van der Waals surface area contributed by atoms with Crippen molar-refractivity contribution in [2.45, 2.75) is 30.2 Å². The van der Waals surface area contributed by atoms with E-state index in [1.807, 2.05) is 11.8 Å². The fourth-order valence-electron chi connectivity index (χ4n) is 5.61. The number of hydrogen-bond acceptors (Lipinski definition) is 10. The predicted molar refractivity (Wildman–Crippen MR) is 165 cm³/mol. The molecular formula is C30H28ClFN6O6S. The zero-order valence-electron chi connectivity index (χ0n) is 24.3. The molecule has 1 aromatic carbocycles. The van der Waals surface area contributed by atoms with E-state index in [1.165, 1.54) is 30.5 Å². The maximum atomic E-state index is 15.1. The Morgan fingerprint density at radius 1 is 1.22 bits per heavy atom. The number of fused-ring (bicyclic) bond motifs is 1. The molecular weight excluding hydrogens is 627 g/mol. The number of phenolic OH excluding ortho intramolecular Hbond substituents is 1. The van der Waals surface area contributed by atoms with E-state index in [1.54, 1.807) is 17.9 Å². The molecule has 1 atom stereocenters. The van der Waals surface area contributed by atoms with Crippen molar-refractivity contribution in [3.8, 4) is 22.7 Å². The SMILES string of the molecule is C=CC(=O)N1CCN(c2nc(=O)n(-c3c(C)ccnc3S(=O)(=O)C3COC3)c3nc(-c4c(O)cccc4F)c(Cl)cc23)[C@@H](C)C1. The molecule has 12 nitrogen and oxygen atoms in total. The Bertz CT molecular complexity index is 2030. The zero-order chi connectivity index (χ0) is 32.2. The number of benzene rings is 1. The second kappa shape index (κ2) is 11.5. The molecule has 234 valence electrons. The van der Waals surface area contributed by atoms with E-state index in [9.17, 15) is 23.1 Å². The fraction of sp³-hybridized carbons (Fsp3) is 0.300. The molecule has 0 saturated carbocycles. The lowest BCUT2D eigenvalue weighted by Gasteiger charge is -2.40. The molecule has 4 aromatic rings. The molecule has 2 saturated heterocycles. The van der Waals surface area contributed by atoms with Crippen LogP contribution in [0.4, 0.5) is 10.2 Å². The number of carbonyl (C=O) groups is 1. The van der Waals surface area contributed by atoms with Crippen LogP contribution in [-0.2, 0) is 19.4 Å². The highest BCUT2D eigenvalue weighted by Gasteiger charge is 2.38. The monoisotopic (exact) mass is 654 g/mol. The first kappa shape index (κ1) is 30.6. The van der Waals surface area contributed by atoms with E-state index in [2.05, 4.69) is 21.5 Å². The zero-order valence-corrected chi connectivity index (χ0v) is 25.8. The van der Waals surface area contributed by atoms with Gasteiger partial charge in [0, 0.05) is 31.9 Å². The van der Waals surface area contributed by atoms with Crippen molar-refractivity contribution in [3.05, 3.63) is 76.1 Å². The van der Waals surface area contributed by atoms with Gasteiger partial charge in [0.1, 0.15) is 22.6 Å². The smallest absolute Gasteiger partial charge is 0.355 e. The Balaban J connectivity index is 1.66. The number of hydrogen-bond donors (Lipinski definition) is 1. The first-order valence-corrected chi connectivity index (χ1v) is 15.9. The maximum Gasteiger partial charge on any atom is 0.355 e. The number of pyridine rings is 2. The number of phenols is 1. The molecule has 1 amide bonds. The van der Waals surface area contributed by atoms with Crippen molar-refractivity contribution in [2.24, 2.45) is 0 Å². The number of piperazine rings is 1. The van der Waals surface area contributed by atoms with E-state index in [0.717, 1.165) is 10.6 Å². The molecule has 0 radical (unpaired) electrons. The van der Waals surface area contributed by atoms with Crippen molar-refractivity contribution < 1.29 is 27.4 Å². The molecule has 15 heteroatoms. The van der Waals surface area contributed by atoms with Crippen LogP contribution in [-0.4, -0.2) is 88.0 Å². The van der Waals surface area contributed by atoms with E-state index >= 15 is 4.39 Å². The highest BCUT2D eigenvalue weighted by molar-refractivity contribution is 7.92. The minimum Gasteiger partial charge on any atom is -0.507 e. The van der Waals surface area contributed by atoms with Crippen LogP contribution in [0.15, 0.2) is 59.0 Å². The Morgan fingerprint density at radius 3 is 2.62 bits per heavy atom. The second-order valence-corrected chi connectivity index (χ2v) is 13.4. The molecule has 2 aliphatic heterocycles. The number of aromatic nitrogens is 4. The van der Waals surface area contributed by atoms with Crippen LogP contribution >= 0.6 is 11.6 Å². The number of aryl methyl sites for hydroxylation is 1. The summed E-state index contributed by atoms with van der Waals surface area (Å²) in [7, 11) is -4.06. The summed E-state index contributed by atoms with van der Waals surface area (Å²) in [6.07, 6.45) is 2.57. The van der Waals surface area contributed by atoms with Gasteiger partial charge in [0.15, 0.2) is 10.7 Å². The van der Waals surface area contributed by atoms with Gasteiger partial charge in [0.05, 0.1) is 40.6 Å². The van der Waals surface area contributed by atoms with Gasteiger partial charge >= 0.3 is 5.69 Å². The molecule has 5 heterocycles. The molecule has 0 bridgehead atoms. The number of sulfone groups is 1. The third-order valence-electron chi connectivity index (χ3n) is 8.05. The largest absolute Gasteiger partial charge is 0.507 e. The van der Waals surface area contributed by atoms with Crippen molar-refractivity contribution in [3.63, 3.8) is 0 Å². The number of rotatable bonds is 6. The van der Waals surface area contributed by atoms with Crippen molar-refractivity contribution in [1.29, 1.82) is 0 Å². The summed E-state index contributed by atoms with van der Waals surface area (Å²) in [5, 5.41) is 9.58. The van der Waals surface area contributed by atoms with E-state index in [-0.39, 0.29) is 69.0 Å². The molecule has 45 heavy (non-hydrogen) atoms. The second-order valence-electron chi connectivity index (χ2n) is 10.9. The van der Waals surface area contributed by atoms with Crippen LogP contribution in [0.25, 0.3) is 28.0 Å². The van der Waals surface area contributed by atoms with Crippen LogP contribution < -0.4 is 10.6 Å². The predicted octanol–water partition coefficient (Wildman–Crippen LogP) is 3.04. The molecule has 0 unspecified atom stereocenters. The van der Waals surface area contributed by atoms with Gasteiger partial charge in [-0.1, -0.05) is 24.2 Å². The number of ether oxygens (including phenoxy) is 1. The summed E-state index contributed by atoms with van der Waals surface area (Å²) in [5.41, 5.74) is -1.09. The van der Waals surface area contributed by atoms with Crippen LogP contribution in [0.1, 0.15) is 12.5 Å². The van der Waals surface area contributed by atoms with Crippen LogP contribution in [0.3, 0.4) is 0 Å². The summed E-state index contributed by atoms with van der Waals surface area (Å²) in [6.45, 7) is 7.92. The number of aromatic hydroxyl groups is 1. The van der Waals surface area contributed by atoms with Gasteiger partial charge in [-0.2, -0.15) is 4.98 Å². The maximum absolute atomic E-state index is 15.1.